The molecule has 0 aliphatic heterocycles. The van der Waals surface area contributed by atoms with E-state index < -0.39 is 0 Å². The van der Waals surface area contributed by atoms with Gasteiger partial charge in [-0.05, 0) is 89.2 Å². The van der Waals surface area contributed by atoms with Crippen molar-refractivity contribution < 1.29 is 4.74 Å². The zero-order chi connectivity index (χ0) is 16.8. The first-order valence-electron chi connectivity index (χ1n) is 8.89. The second-order valence-corrected chi connectivity index (χ2v) is 7.44. The van der Waals surface area contributed by atoms with Crippen LogP contribution in [0.1, 0.15) is 79.6 Å². The predicted octanol–water partition coefficient (Wildman–Crippen LogP) is 6.82. The van der Waals surface area contributed by atoms with Crippen molar-refractivity contribution in [3.05, 3.63) is 35.1 Å². The van der Waals surface area contributed by atoms with E-state index in [1.54, 1.807) is 7.11 Å². The average Bonchev–Trinajstić information content (AvgIpc) is 2.48. The molecule has 1 fully saturated rings. The highest BCUT2D eigenvalue weighted by Gasteiger charge is 2.35. The number of rotatable bonds is 7. The molecule has 0 saturated heterocycles. The summed E-state index contributed by atoms with van der Waals surface area (Å²) in [6, 6.07) is 0. The smallest absolute Gasteiger partial charge is 0.0927 e. The quantitative estimate of drug-likeness (QED) is 0.285. The summed E-state index contributed by atoms with van der Waals surface area (Å²) in [5.41, 5.74) is 4.71. The van der Waals surface area contributed by atoms with E-state index in [4.69, 9.17) is 4.74 Å². The van der Waals surface area contributed by atoms with E-state index in [9.17, 15) is 0 Å². The van der Waals surface area contributed by atoms with Gasteiger partial charge in [-0.3, -0.25) is 0 Å². The summed E-state index contributed by atoms with van der Waals surface area (Å²) in [5, 5.41) is 0. The Hall–Kier alpha value is -0.980. The van der Waals surface area contributed by atoms with E-state index in [-0.39, 0.29) is 0 Å². The van der Waals surface area contributed by atoms with Crippen molar-refractivity contribution in [2.75, 3.05) is 7.11 Å². The van der Waals surface area contributed by atoms with Gasteiger partial charge < -0.3 is 4.74 Å². The van der Waals surface area contributed by atoms with Gasteiger partial charge in [0.25, 0.3) is 0 Å². The second-order valence-electron chi connectivity index (χ2n) is 7.44. The highest BCUT2D eigenvalue weighted by Crippen LogP contribution is 2.48. The number of hydrogen-bond acceptors (Lipinski definition) is 1. The molecule has 0 heterocycles. The molecule has 126 valence electrons. The van der Waals surface area contributed by atoms with Crippen LogP contribution in [0, 0.1) is 11.3 Å². The Kier molecular flexibility index (Phi) is 7.45. The SMILES string of the molecule is C=C(C)C1(CCC)CCC(CC(/C=C(/C)OC)=C(C)C)CC1. The Morgan fingerprint density at radius 3 is 2.18 bits per heavy atom. The van der Waals surface area contributed by atoms with Crippen LogP contribution in [0.25, 0.3) is 0 Å². The van der Waals surface area contributed by atoms with Crippen molar-refractivity contribution in [1.29, 1.82) is 0 Å². The minimum atomic E-state index is 0.425. The molecule has 0 radical (unpaired) electrons. The molecule has 1 aliphatic carbocycles. The fraction of sp³-hybridized carbons (Fsp3) is 0.714. The molecule has 22 heavy (non-hydrogen) atoms. The average molecular weight is 305 g/mol. The maximum Gasteiger partial charge on any atom is 0.0927 e. The van der Waals surface area contributed by atoms with Gasteiger partial charge in [0.15, 0.2) is 0 Å². The summed E-state index contributed by atoms with van der Waals surface area (Å²) in [4.78, 5) is 0. The Morgan fingerprint density at radius 2 is 1.77 bits per heavy atom. The minimum absolute atomic E-state index is 0.425. The van der Waals surface area contributed by atoms with E-state index in [0.29, 0.717) is 5.41 Å². The fourth-order valence-corrected chi connectivity index (χ4v) is 3.83. The normalized spacial score (nSPS) is 25.7. The third kappa shape index (κ3) is 5.04. The van der Waals surface area contributed by atoms with Gasteiger partial charge in [0, 0.05) is 0 Å². The van der Waals surface area contributed by atoms with Crippen LogP contribution < -0.4 is 0 Å². The monoisotopic (exact) mass is 304 g/mol. The molecular weight excluding hydrogens is 268 g/mol. The highest BCUT2D eigenvalue weighted by molar-refractivity contribution is 5.25. The lowest BCUT2D eigenvalue weighted by Crippen LogP contribution is -2.28. The third-order valence-corrected chi connectivity index (χ3v) is 5.55. The van der Waals surface area contributed by atoms with E-state index >= 15 is 0 Å². The Bertz CT molecular complexity index is 427. The van der Waals surface area contributed by atoms with E-state index in [2.05, 4.69) is 40.3 Å². The van der Waals surface area contributed by atoms with Crippen molar-refractivity contribution in [3.8, 4) is 0 Å². The summed E-state index contributed by atoms with van der Waals surface area (Å²) < 4.78 is 5.33. The lowest BCUT2D eigenvalue weighted by Gasteiger charge is -2.41. The maximum absolute atomic E-state index is 5.33. The topological polar surface area (TPSA) is 9.23 Å². The van der Waals surface area contributed by atoms with Crippen LogP contribution in [0.15, 0.2) is 35.1 Å². The minimum Gasteiger partial charge on any atom is -0.501 e. The van der Waals surface area contributed by atoms with E-state index in [1.807, 2.05) is 6.92 Å². The molecule has 1 rings (SSSR count). The van der Waals surface area contributed by atoms with Gasteiger partial charge in [0.2, 0.25) is 0 Å². The summed E-state index contributed by atoms with van der Waals surface area (Å²) >= 11 is 0. The van der Waals surface area contributed by atoms with Crippen LogP contribution in [0.2, 0.25) is 0 Å². The highest BCUT2D eigenvalue weighted by atomic mass is 16.5. The summed E-state index contributed by atoms with van der Waals surface area (Å²) in [7, 11) is 1.75. The predicted molar refractivity (Wildman–Crippen MR) is 97.9 cm³/mol. The maximum atomic E-state index is 5.33. The Labute approximate surface area is 138 Å². The lowest BCUT2D eigenvalue weighted by atomic mass is 9.64. The summed E-state index contributed by atoms with van der Waals surface area (Å²) in [6.45, 7) is 15.3. The first-order valence-corrected chi connectivity index (χ1v) is 8.89. The van der Waals surface area contributed by atoms with Crippen LogP contribution >= 0.6 is 0 Å². The zero-order valence-corrected chi connectivity index (χ0v) is 15.7. The molecular formula is C21H36O. The van der Waals surface area contributed by atoms with Gasteiger partial charge in [-0.2, -0.15) is 0 Å². The number of methoxy groups -OCH3 is 1. The molecule has 0 bridgehead atoms. The van der Waals surface area contributed by atoms with Gasteiger partial charge in [-0.25, -0.2) is 0 Å². The van der Waals surface area contributed by atoms with E-state index in [1.165, 1.54) is 61.7 Å². The van der Waals surface area contributed by atoms with Gasteiger partial charge >= 0.3 is 0 Å². The number of hydrogen-bond donors (Lipinski definition) is 0. The first kappa shape index (κ1) is 19.1. The molecule has 0 aromatic heterocycles. The van der Waals surface area contributed by atoms with Crippen LogP contribution in [-0.2, 0) is 4.74 Å². The fourth-order valence-electron chi connectivity index (χ4n) is 3.83. The molecule has 0 atom stereocenters. The van der Waals surface area contributed by atoms with Crippen molar-refractivity contribution in [1.82, 2.24) is 0 Å². The Morgan fingerprint density at radius 1 is 1.18 bits per heavy atom. The van der Waals surface area contributed by atoms with Crippen molar-refractivity contribution in [2.24, 2.45) is 11.3 Å². The van der Waals surface area contributed by atoms with Crippen LogP contribution in [0.3, 0.4) is 0 Å². The molecule has 0 aromatic rings. The van der Waals surface area contributed by atoms with Crippen LogP contribution in [0.5, 0.6) is 0 Å². The number of ether oxygens (including phenoxy) is 1. The standard InChI is InChI=1S/C21H36O/c1-8-11-21(17(4)5)12-9-19(10-13-21)15-20(16(2)3)14-18(6)22-7/h14,19H,4,8-13,15H2,1-3,5-7H3/b18-14-. The molecule has 1 nitrogen and oxygen atoms in total. The van der Waals surface area contributed by atoms with Crippen LogP contribution in [-0.4, -0.2) is 7.11 Å². The largest absolute Gasteiger partial charge is 0.501 e. The van der Waals surface area contributed by atoms with Crippen LogP contribution in [0.4, 0.5) is 0 Å². The molecule has 1 heteroatoms. The molecule has 1 aliphatic rings. The Balaban J connectivity index is 2.72. The molecule has 0 spiro atoms. The molecule has 0 unspecified atom stereocenters. The summed E-state index contributed by atoms with van der Waals surface area (Å²) in [6.07, 6.45) is 11.3. The third-order valence-electron chi connectivity index (χ3n) is 5.55. The van der Waals surface area contributed by atoms with Crippen molar-refractivity contribution in [3.63, 3.8) is 0 Å². The molecule has 0 amide bonds. The number of allylic oxidation sites excluding steroid dienone is 5. The zero-order valence-electron chi connectivity index (χ0n) is 15.7. The van der Waals surface area contributed by atoms with Gasteiger partial charge in [-0.15, -0.1) is 0 Å². The van der Waals surface area contributed by atoms with Gasteiger partial charge in [-0.1, -0.05) is 31.1 Å². The summed E-state index contributed by atoms with van der Waals surface area (Å²) in [5.74, 6) is 1.82. The lowest BCUT2D eigenvalue weighted by molar-refractivity contribution is 0.174. The van der Waals surface area contributed by atoms with Crippen molar-refractivity contribution in [2.45, 2.75) is 79.6 Å². The van der Waals surface area contributed by atoms with Gasteiger partial charge in [0.1, 0.15) is 0 Å². The second kappa shape index (κ2) is 8.60. The van der Waals surface area contributed by atoms with Gasteiger partial charge in [0.05, 0.1) is 12.9 Å². The van der Waals surface area contributed by atoms with E-state index in [0.717, 1.165) is 11.7 Å². The molecule has 1 saturated carbocycles. The molecule has 0 aromatic carbocycles. The first-order chi connectivity index (χ1) is 10.3. The molecule has 0 N–H and O–H groups in total. The van der Waals surface area contributed by atoms with Crippen molar-refractivity contribution >= 4 is 0 Å².